The Balaban J connectivity index is 1.90. The van der Waals surface area contributed by atoms with E-state index in [0.717, 1.165) is 42.5 Å². The van der Waals surface area contributed by atoms with Gasteiger partial charge >= 0.3 is 0 Å². The third kappa shape index (κ3) is 3.00. The summed E-state index contributed by atoms with van der Waals surface area (Å²) in [6.07, 6.45) is 3.80. The van der Waals surface area contributed by atoms with Gasteiger partial charge in [0.05, 0.1) is 6.04 Å². The van der Waals surface area contributed by atoms with E-state index in [9.17, 15) is 9.18 Å². The number of nitrogens with one attached hydrogen (secondary N) is 1. The van der Waals surface area contributed by atoms with Crippen molar-refractivity contribution in [2.75, 3.05) is 6.54 Å². The number of hydrogen-bond acceptors (Lipinski definition) is 2. The maximum absolute atomic E-state index is 13.2. The van der Waals surface area contributed by atoms with Crippen molar-refractivity contribution >= 4 is 5.91 Å². The zero-order chi connectivity index (χ0) is 16.4. The van der Waals surface area contributed by atoms with Crippen molar-refractivity contribution in [2.45, 2.75) is 45.6 Å². The molecule has 1 aliphatic rings. The van der Waals surface area contributed by atoms with Gasteiger partial charge in [-0.2, -0.15) is 5.10 Å². The van der Waals surface area contributed by atoms with Crippen LogP contribution in [0.3, 0.4) is 0 Å². The Morgan fingerprint density at radius 2 is 2.09 bits per heavy atom. The first-order valence-corrected chi connectivity index (χ1v) is 8.22. The Bertz CT molecular complexity index is 693. The van der Waals surface area contributed by atoms with Crippen LogP contribution in [0.1, 0.15) is 59.5 Å². The topological polar surface area (TPSA) is 49.0 Å². The van der Waals surface area contributed by atoms with Gasteiger partial charge in [-0.3, -0.25) is 9.89 Å². The van der Waals surface area contributed by atoms with Crippen molar-refractivity contribution in [2.24, 2.45) is 0 Å². The van der Waals surface area contributed by atoms with E-state index in [1.807, 2.05) is 18.7 Å². The summed E-state index contributed by atoms with van der Waals surface area (Å²) in [5.41, 5.74) is 3.43. The van der Waals surface area contributed by atoms with E-state index in [-0.39, 0.29) is 17.8 Å². The Hall–Kier alpha value is -2.17. The third-order valence-electron chi connectivity index (χ3n) is 4.69. The van der Waals surface area contributed by atoms with E-state index in [0.29, 0.717) is 12.2 Å². The lowest BCUT2D eigenvalue weighted by Crippen LogP contribution is -2.39. The lowest BCUT2D eigenvalue weighted by molar-refractivity contribution is 0.0604. The molecule has 0 spiro atoms. The monoisotopic (exact) mass is 315 g/mol. The van der Waals surface area contributed by atoms with E-state index in [1.165, 1.54) is 12.1 Å². The summed E-state index contributed by atoms with van der Waals surface area (Å²) in [6.45, 7) is 4.69. The number of aryl methyl sites for hydroxylation is 1. The van der Waals surface area contributed by atoms with Crippen molar-refractivity contribution in [3.8, 4) is 0 Å². The van der Waals surface area contributed by atoms with Gasteiger partial charge in [-0.05, 0) is 50.3 Å². The van der Waals surface area contributed by atoms with Crippen LogP contribution in [0.2, 0.25) is 0 Å². The minimum atomic E-state index is -0.252. The molecule has 1 aromatic heterocycles. The molecule has 23 heavy (non-hydrogen) atoms. The summed E-state index contributed by atoms with van der Waals surface area (Å²) in [7, 11) is 0. The van der Waals surface area contributed by atoms with Crippen LogP contribution in [0.25, 0.3) is 0 Å². The van der Waals surface area contributed by atoms with Gasteiger partial charge in [-0.15, -0.1) is 0 Å². The van der Waals surface area contributed by atoms with Crippen molar-refractivity contribution in [3.05, 3.63) is 52.6 Å². The number of carbonyl (C=O) groups excluding carboxylic acids is 1. The van der Waals surface area contributed by atoms with Crippen molar-refractivity contribution in [1.82, 2.24) is 15.1 Å². The van der Waals surface area contributed by atoms with Crippen LogP contribution in [-0.4, -0.2) is 27.5 Å². The number of hydrogen-bond donors (Lipinski definition) is 1. The number of rotatable bonds is 3. The highest BCUT2D eigenvalue weighted by Crippen LogP contribution is 2.32. The first-order valence-electron chi connectivity index (χ1n) is 8.22. The Morgan fingerprint density at radius 3 is 2.74 bits per heavy atom. The molecule has 0 bridgehead atoms. The predicted molar refractivity (Wildman–Crippen MR) is 86.7 cm³/mol. The number of likely N-dealkylation sites (tertiary alicyclic amines) is 1. The molecule has 4 nitrogen and oxygen atoms in total. The average Bonchev–Trinajstić information content (AvgIpc) is 2.95. The molecule has 1 atom stereocenters. The van der Waals surface area contributed by atoms with Gasteiger partial charge in [0.2, 0.25) is 0 Å². The molecular formula is C18H22FN3O. The Labute approximate surface area is 135 Å². The highest BCUT2D eigenvalue weighted by atomic mass is 19.1. The molecule has 0 radical (unpaired) electrons. The summed E-state index contributed by atoms with van der Waals surface area (Å²) < 4.78 is 13.2. The van der Waals surface area contributed by atoms with Gasteiger partial charge in [0.15, 0.2) is 5.69 Å². The van der Waals surface area contributed by atoms with Crippen molar-refractivity contribution < 1.29 is 9.18 Å². The van der Waals surface area contributed by atoms with Gasteiger partial charge in [0.25, 0.3) is 5.91 Å². The van der Waals surface area contributed by atoms with Crippen LogP contribution in [-0.2, 0) is 6.42 Å². The quantitative estimate of drug-likeness (QED) is 0.937. The van der Waals surface area contributed by atoms with Crippen LogP contribution in [0.4, 0.5) is 4.39 Å². The molecule has 0 unspecified atom stereocenters. The number of H-pyrrole nitrogens is 1. The number of carbonyl (C=O) groups is 1. The first kappa shape index (κ1) is 15.7. The highest BCUT2D eigenvalue weighted by Gasteiger charge is 2.31. The maximum Gasteiger partial charge on any atom is 0.275 e. The molecule has 2 aromatic rings. The van der Waals surface area contributed by atoms with Crippen molar-refractivity contribution in [1.29, 1.82) is 0 Å². The molecule has 5 heteroatoms. The summed E-state index contributed by atoms with van der Waals surface area (Å²) in [6, 6.07) is 6.47. The summed E-state index contributed by atoms with van der Waals surface area (Å²) in [5, 5.41) is 7.19. The third-order valence-corrected chi connectivity index (χ3v) is 4.69. The van der Waals surface area contributed by atoms with Crippen LogP contribution in [0.15, 0.2) is 24.3 Å². The van der Waals surface area contributed by atoms with E-state index in [2.05, 4.69) is 10.2 Å². The second kappa shape index (κ2) is 6.52. The molecule has 1 aliphatic heterocycles. The Kier molecular flexibility index (Phi) is 4.46. The molecule has 1 N–H and O–H groups in total. The lowest BCUT2D eigenvalue weighted by atomic mass is 9.94. The fourth-order valence-electron chi connectivity index (χ4n) is 3.33. The number of aromatic nitrogens is 2. The molecule has 0 aliphatic carbocycles. The van der Waals surface area contributed by atoms with Gasteiger partial charge in [0.1, 0.15) is 5.82 Å². The molecule has 2 heterocycles. The largest absolute Gasteiger partial charge is 0.330 e. The van der Waals surface area contributed by atoms with Gasteiger partial charge in [-0.25, -0.2) is 4.39 Å². The number of halogens is 1. The molecule has 3 rings (SSSR count). The molecule has 122 valence electrons. The molecule has 1 fully saturated rings. The second-order valence-corrected chi connectivity index (χ2v) is 6.09. The number of aromatic amines is 1. The SMILES string of the molecule is CCc1[nH]nc(C(=O)N2CCCC[C@@H]2c2ccc(F)cc2)c1C. The normalized spacial score (nSPS) is 18.2. The molecule has 1 saturated heterocycles. The number of benzene rings is 1. The summed E-state index contributed by atoms with van der Waals surface area (Å²) >= 11 is 0. The molecule has 0 saturated carbocycles. The van der Waals surface area contributed by atoms with Crippen molar-refractivity contribution in [3.63, 3.8) is 0 Å². The van der Waals surface area contributed by atoms with Crippen LogP contribution in [0.5, 0.6) is 0 Å². The minimum Gasteiger partial charge on any atom is -0.330 e. The van der Waals surface area contributed by atoms with Crippen LogP contribution in [0, 0.1) is 12.7 Å². The second-order valence-electron chi connectivity index (χ2n) is 6.09. The van der Waals surface area contributed by atoms with E-state index < -0.39 is 0 Å². The van der Waals surface area contributed by atoms with Gasteiger partial charge in [0, 0.05) is 17.8 Å². The molecule has 1 amide bonds. The zero-order valence-electron chi connectivity index (χ0n) is 13.6. The zero-order valence-corrected chi connectivity index (χ0v) is 13.6. The van der Waals surface area contributed by atoms with Crippen LogP contribution >= 0.6 is 0 Å². The number of amides is 1. The van der Waals surface area contributed by atoms with E-state index >= 15 is 0 Å². The summed E-state index contributed by atoms with van der Waals surface area (Å²) in [5.74, 6) is -0.286. The first-order chi connectivity index (χ1) is 11.1. The van der Waals surface area contributed by atoms with E-state index in [4.69, 9.17) is 0 Å². The molecule has 1 aromatic carbocycles. The average molecular weight is 315 g/mol. The highest BCUT2D eigenvalue weighted by molar-refractivity contribution is 5.94. The fourth-order valence-corrected chi connectivity index (χ4v) is 3.33. The smallest absolute Gasteiger partial charge is 0.275 e. The van der Waals surface area contributed by atoms with E-state index in [1.54, 1.807) is 12.1 Å². The fraction of sp³-hybridized carbons (Fsp3) is 0.444. The van der Waals surface area contributed by atoms with Gasteiger partial charge in [-0.1, -0.05) is 19.1 Å². The standard InChI is InChI=1S/C18H22FN3O/c1-3-15-12(2)17(21-20-15)18(23)22-11-5-4-6-16(22)13-7-9-14(19)10-8-13/h7-10,16H,3-6,11H2,1-2H3,(H,20,21)/t16-/m1/s1. The number of nitrogens with zero attached hydrogens (tertiary/aromatic N) is 2. The minimum absolute atomic E-state index is 0.00183. The maximum atomic E-state index is 13.2. The number of piperidine rings is 1. The van der Waals surface area contributed by atoms with Crippen LogP contribution < -0.4 is 0 Å². The van der Waals surface area contributed by atoms with Gasteiger partial charge < -0.3 is 4.90 Å². The predicted octanol–water partition coefficient (Wildman–Crippen LogP) is 3.79. The summed E-state index contributed by atoms with van der Waals surface area (Å²) in [4.78, 5) is 14.9. The Morgan fingerprint density at radius 1 is 1.35 bits per heavy atom. The lowest BCUT2D eigenvalue weighted by Gasteiger charge is -2.35. The molecular weight excluding hydrogens is 293 g/mol.